The summed E-state index contributed by atoms with van der Waals surface area (Å²) in [5, 5.41) is 19.5. The van der Waals surface area contributed by atoms with Crippen molar-refractivity contribution in [3.63, 3.8) is 0 Å². The van der Waals surface area contributed by atoms with Crippen LogP contribution >= 0.6 is 0 Å². The second-order valence-electron chi connectivity index (χ2n) is 6.09. The van der Waals surface area contributed by atoms with Gasteiger partial charge in [-0.15, -0.1) is 0 Å². The first-order chi connectivity index (χ1) is 9.54. The van der Waals surface area contributed by atoms with Gasteiger partial charge in [0.05, 0.1) is 17.8 Å². The average Bonchev–Trinajstić information content (AvgIpc) is 2.81. The fourth-order valence-corrected chi connectivity index (χ4v) is 3.43. The summed E-state index contributed by atoms with van der Waals surface area (Å²) >= 11 is 0. The van der Waals surface area contributed by atoms with E-state index in [1.807, 2.05) is 17.9 Å². The molecule has 1 aliphatic heterocycles. The van der Waals surface area contributed by atoms with E-state index in [1.165, 1.54) is 0 Å². The van der Waals surface area contributed by atoms with Crippen LogP contribution in [0.15, 0.2) is 18.5 Å². The number of carbonyl (C=O) groups excluding carboxylic acids is 1. The van der Waals surface area contributed by atoms with Crippen LogP contribution in [0.5, 0.6) is 0 Å². The zero-order valence-electron chi connectivity index (χ0n) is 11.6. The molecule has 0 bridgehead atoms. The third kappa shape index (κ3) is 2.43. The molecule has 0 aromatic carbocycles. The van der Waals surface area contributed by atoms with E-state index in [2.05, 4.69) is 4.98 Å². The van der Waals surface area contributed by atoms with Crippen LogP contribution in [-0.2, 0) is 0 Å². The van der Waals surface area contributed by atoms with E-state index in [0.29, 0.717) is 43.3 Å². The fourth-order valence-electron chi connectivity index (χ4n) is 3.43. The first-order valence-corrected chi connectivity index (χ1v) is 7.11. The summed E-state index contributed by atoms with van der Waals surface area (Å²) in [5.41, 5.74) is 1.59. The molecule has 2 aliphatic rings. The Bertz CT molecular complexity index is 502. The van der Waals surface area contributed by atoms with Gasteiger partial charge < -0.3 is 15.1 Å². The molecule has 1 aromatic heterocycles. The second-order valence-corrected chi connectivity index (χ2v) is 6.09. The van der Waals surface area contributed by atoms with Gasteiger partial charge in [-0.2, -0.15) is 0 Å². The molecule has 20 heavy (non-hydrogen) atoms. The van der Waals surface area contributed by atoms with Gasteiger partial charge in [-0.05, 0) is 43.2 Å². The fraction of sp³-hybridized carbons (Fsp3) is 0.600. The van der Waals surface area contributed by atoms with E-state index < -0.39 is 12.2 Å². The molecule has 2 N–H and O–H groups in total. The van der Waals surface area contributed by atoms with Gasteiger partial charge in [-0.25, -0.2) is 0 Å². The van der Waals surface area contributed by atoms with Crippen LogP contribution in [0.4, 0.5) is 0 Å². The molecule has 2 fully saturated rings. The lowest BCUT2D eigenvalue weighted by Gasteiger charge is -2.31. The van der Waals surface area contributed by atoms with Gasteiger partial charge in [0, 0.05) is 25.5 Å². The van der Waals surface area contributed by atoms with E-state index >= 15 is 0 Å². The van der Waals surface area contributed by atoms with Crippen LogP contribution in [0.3, 0.4) is 0 Å². The Morgan fingerprint density at radius 1 is 1.20 bits per heavy atom. The van der Waals surface area contributed by atoms with E-state index in [1.54, 1.807) is 12.4 Å². The van der Waals surface area contributed by atoms with E-state index in [-0.39, 0.29) is 5.91 Å². The summed E-state index contributed by atoms with van der Waals surface area (Å²) in [6.45, 7) is 3.25. The van der Waals surface area contributed by atoms with Gasteiger partial charge in [-0.3, -0.25) is 9.78 Å². The van der Waals surface area contributed by atoms with Gasteiger partial charge in [0.1, 0.15) is 0 Å². The number of aromatic nitrogens is 1. The number of pyridine rings is 1. The Balaban J connectivity index is 1.72. The number of nitrogens with zero attached hydrogens (tertiary/aromatic N) is 2. The predicted octanol–water partition coefficient (Wildman–Crippen LogP) is 0.594. The predicted molar refractivity (Wildman–Crippen MR) is 73.1 cm³/mol. The number of rotatable bonds is 1. The van der Waals surface area contributed by atoms with Crippen LogP contribution in [0, 0.1) is 18.8 Å². The van der Waals surface area contributed by atoms with Crippen LogP contribution in [0.1, 0.15) is 28.8 Å². The normalized spacial score (nSPS) is 33.0. The van der Waals surface area contributed by atoms with E-state index in [4.69, 9.17) is 0 Å². The van der Waals surface area contributed by atoms with E-state index in [9.17, 15) is 15.0 Å². The maximum absolute atomic E-state index is 12.5. The minimum atomic E-state index is -0.646. The number of likely N-dealkylation sites (tertiary alicyclic amines) is 1. The van der Waals surface area contributed by atoms with Gasteiger partial charge >= 0.3 is 0 Å². The molecule has 1 amide bonds. The summed E-state index contributed by atoms with van der Waals surface area (Å²) in [5.74, 6) is 0.602. The van der Waals surface area contributed by atoms with Gasteiger partial charge in [0.15, 0.2) is 0 Å². The Hall–Kier alpha value is -1.46. The molecule has 0 unspecified atom stereocenters. The lowest BCUT2D eigenvalue weighted by atomic mass is 9.79. The quantitative estimate of drug-likeness (QED) is 0.787. The largest absolute Gasteiger partial charge is 0.390 e. The maximum Gasteiger partial charge on any atom is 0.255 e. The third-order valence-corrected chi connectivity index (χ3v) is 4.52. The first kappa shape index (κ1) is 13.5. The number of hydrogen-bond donors (Lipinski definition) is 2. The van der Waals surface area contributed by atoms with Crippen molar-refractivity contribution in [3.8, 4) is 0 Å². The molecule has 1 aromatic rings. The summed E-state index contributed by atoms with van der Waals surface area (Å²) in [4.78, 5) is 18.4. The highest BCUT2D eigenvalue weighted by molar-refractivity contribution is 5.94. The number of amides is 1. The Morgan fingerprint density at radius 3 is 2.35 bits per heavy atom. The molecule has 1 saturated heterocycles. The molecule has 0 spiro atoms. The number of aliphatic hydroxyl groups is 2. The summed E-state index contributed by atoms with van der Waals surface area (Å²) < 4.78 is 0. The molecular weight excluding hydrogens is 256 g/mol. The van der Waals surface area contributed by atoms with Crippen molar-refractivity contribution < 1.29 is 15.0 Å². The number of aliphatic hydroxyl groups excluding tert-OH is 2. The van der Waals surface area contributed by atoms with Crippen molar-refractivity contribution in [2.24, 2.45) is 11.8 Å². The van der Waals surface area contributed by atoms with Crippen LogP contribution in [-0.4, -0.2) is 51.3 Å². The molecule has 108 valence electrons. The minimum absolute atomic E-state index is 0.000389. The lowest BCUT2D eigenvalue weighted by Crippen LogP contribution is -2.38. The topological polar surface area (TPSA) is 73.7 Å². The first-order valence-electron chi connectivity index (χ1n) is 7.11. The molecule has 5 heteroatoms. The molecule has 3 rings (SSSR count). The average molecular weight is 276 g/mol. The molecule has 1 saturated carbocycles. The number of aryl methyl sites for hydroxylation is 1. The summed E-state index contributed by atoms with van der Waals surface area (Å²) in [7, 11) is 0. The highest BCUT2D eigenvalue weighted by Gasteiger charge is 2.42. The van der Waals surface area contributed by atoms with Crippen molar-refractivity contribution in [2.75, 3.05) is 13.1 Å². The van der Waals surface area contributed by atoms with Gasteiger partial charge in [0.2, 0.25) is 0 Å². The highest BCUT2D eigenvalue weighted by atomic mass is 16.3. The molecule has 5 nitrogen and oxygen atoms in total. The monoisotopic (exact) mass is 276 g/mol. The van der Waals surface area contributed by atoms with Crippen LogP contribution in [0.2, 0.25) is 0 Å². The zero-order chi connectivity index (χ0) is 14.3. The van der Waals surface area contributed by atoms with Crippen molar-refractivity contribution in [1.29, 1.82) is 0 Å². The minimum Gasteiger partial charge on any atom is -0.390 e. The molecule has 1 aliphatic carbocycles. The van der Waals surface area contributed by atoms with E-state index in [0.717, 1.165) is 5.56 Å². The standard InChI is InChI=1S/C15H20N2O3/c1-9-2-10(6-16-5-9)15(20)17-7-11-3-13(18)14(19)4-12(11)8-17/h2,5-6,11-14,18-19H,3-4,7-8H2,1H3/t11-,12+,13-,14-/m0/s1. The third-order valence-electron chi connectivity index (χ3n) is 4.52. The second kappa shape index (κ2) is 5.14. The molecular formula is C15H20N2O3. The van der Waals surface area contributed by atoms with Crippen molar-refractivity contribution in [2.45, 2.75) is 32.0 Å². The number of hydrogen-bond acceptors (Lipinski definition) is 4. The maximum atomic E-state index is 12.5. The summed E-state index contributed by atoms with van der Waals surface area (Å²) in [6, 6.07) is 1.85. The molecule has 0 radical (unpaired) electrons. The van der Waals surface area contributed by atoms with Crippen molar-refractivity contribution >= 4 is 5.91 Å². The summed E-state index contributed by atoms with van der Waals surface area (Å²) in [6.07, 6.45) is 3.20. The van der Waals surface area contributed by atoms with Crippen molar-refractivity contribution in [1.82, 2.24) is 9.88 Å². The van der Waals surface area contributed by atoms with Crippen LogP contribution in [0.25, 0.3) is 0 Å². The molecule has 4 atom stereocenters. The number of carbonyl (C=O) groups is 1. The Labute approximate surface area is 118 Å². The van der Waals surface area contributed by atoms with Gasteiger partial charge in [-0.1, -0.05) is 0 Å². The smallest absolute Gasteiger partial charge is 0.255 e. The SMILES string of the molecule is Cc1cncc(C(=O)N2C[C@H]3C[C@H](O)[C@@H](O)C[C@H]3C2)c1. The Kier molecular flexibility index (Phi) is 3.48. The number of fused-ring (bicyclic) bond motifs is 1. The highest BCUT2D eigenvalue weighted by Crippen LogP contribution is 2.36. The zero-order valence-corrected chi connectivity index (χ0v) is 11.6. The Morgan fingerprint density at radius 2 is 1.80 bits per heavy atom. The molecule has 2 heterocycles. The van der Waals surface area contributed by atoms with Crippen LogP contribution < -0.4 is 0 Å². The lowest BCUT2D eigenvalue weighted by molar-refractivity contribution is -0.0372. The van der Waals surface area contributed by atoms with Crippen molar-refractivity contribution in [3.05, 3.63) is 29.6 Å². The van der Waals surface area contributed by atoms with Gasteiger partial charge in [0.25, 0.3) is 5.91 Å².